The van der Waals surface area contributed by atoms with Crippen LogP contribution in [0.4, 0.5) is 22.0 Å². The summed E-state index contributed by atoms with van der Waals surface area (Å²) in [6.45, 7) is 0. The molecule has 0 saturated carbocycles. The number of aromatic nitrogens is 2. The summed E-state index contributed by atoms with van der Waals surface area (Å²) >= 11 is 5.46. The molecule has 0 fully saturated rings. The van der Waals surface area contributed by atoms with Gasteiger partial charge in [-0.15, -0.1) is 11.6 Å². The number of hydrogen-bond acceptors (Lipinski definition) is 1. The minimum absolute atomic E-state index is 0.109. The molecule has 0 amide bonds. The smallest absolute Gasteiger partial charge is 0.333 e. The molecule has 2 rings (SSSR count). The second-order valence-electron chi connectivity index (χ2n) is 4.13. The van der Waals surface area contributed by atoms with Gasteiger partial charge in [-0.25, -0.2) is 13.8 Å². The van der Waals surface area contributed by atoms with Crippen LogP contribution in [0.1, 0.15) is 11.3 Å². The number of hydrogen-bond donors (Lipinski definition) is 0. The topological polar surface area (TPSA) is 17.8 Å². The fourth-order valence-corrected chi connectivity index (χ4v) is 1.91. The molecule has 0 aliphatic carbocycles. The van der Waals surface area contributed by atoms with E-state index >= 15 is 0 Å². The molecule has 2 nitrogen and oxygen atoms in total. The van der Waals surface area contributed by atoms with Gasteiger partial charge in [0.2, 0.25) is 0 Å². The van der Waals surface area contributed by atoms with Crippen LogP contribution in [0.15, 0.2) is 18.3 Å². The van der Waals surface area contributed by atoms with Gasteiger partial charge in [0, 0.05) is 19.1 Å². The van der Waals surface area contributed by atoms with Crippen LogP contribution in [0.3, 0.4) is 0 Å². The molecule has 1 aromatic carbocycles. The van der Waals surface area contributed by atoms with Gasteiger partial charge < -0.3 is 4.57 Å². The van der Waals surface area contributed by atoms with E-state index in [4.69, 9.17) is 11.6 Å². The van der Waals surface area contributed by atoms with Gasteiger partial charge in [-0.1, -0.05) is 0 Å². The molecule has 0 bridgehead atoms. The lowest BCUT2D eigenvalue weighted by Crippen LogP contribution is -2.05. The molecule has 1 aromatic heterocycles. The highest BCUT2D eigenvalue weighted by molar-refractivity contribution is 6.17. The number of nitrogens with zero attached hydrogens (tertiary/aromatic N) is 2. The lowest BCUT2D eigenvalue weighted by Gasteiger charge is -2.06. The maximum atomic E-state index is 13.8. The summed E-state index contributed by atoms with van der Waals surface area (Å²) < 4.78 is 66.2. The molecule has 108 valence electrons. The van der Waals surface area contributed by atoms with E-state index in [0.717, 1.165) is 16.7 Å². The zero-order valence-corrected chi connectivity index (χ0v) is 10.9. The zero-order chi connectivity index (χ0) is 15.1. The van der Waals surface area contributed by atoms with Crippen molar-refractivity contribution in [2.75, 3.05) is 0 Å². The average molecular weight is 311 g/mol. The third-order valence-electron chi connectivity index (χ3n) is 2.65. The van der Waals surface area contributed by atoms with Crippen LogP contribution in [-0.2, 0) is 19.1 Å². The number of rotatable bonds is 2. The average Bonchev–Trinajstić information content (AvgIpc) is 2.70. The van der Waals surface area contributed by atoms with Gasteiger partial charge in [0.1, 0.15) is 17.5 Å². The van der Waals surface area contributed by atoms with E-state index in [2.05, 4.69) is 4.98 Å². The molecule has 20 heavy (non-hydrogen) atoms. The van der Waals surface area contributed by atoms with Crippen molar-refractivity contribution < 1.29 is 22.0 Å². The Morgan fingerprint density at radius 1 is 1.20 bits per heavy atom. The van der Waals surface area contributed by atoms with Gasteiger partial charge >= 0.3 is 6.18 Å². The highest BCUT2D eigenvalue weighted by Crippen LogP contribution is 2.32. The van der Waals surface area contributed by atoms with Gasteiger partial charge in [0.25, 0.3) is 0 Å². The van der Waals surface area contributed by atoms with Crippen molar-refractivity contribution in [3.8, 4) is 11.4 Å². The first-order chi connectivity index (χ1) is 9.24. The Hall–Kier alpha value is -1.63. The number of halogens is 6. The van der Waals surface area contributed by atoms with E-state index in [9.17, 15) is 22.0 Å². The minimum Gasteiger partial charge on any atom is -0.333 e. The van der Waals surface area contributed by atoms with Gasteiger partial charge in [0.05, 0.1) is 5.56 Å². The molecule has 1 heterocycles. The summed E-state index contributed by atoms with van der Waals surface area (Å²) in [5.41, 5.74) is -1.64. The maximum Gasteiger partial charge on any atom is 0.434 e. The van der Waals surface area contributed by atoms with Crippen molar-refractivity contribution in [3.05, 3.63) is 41.2 Å². The Labute approximate surface area is 115 Å². The quantitative estimate of drug-likeness (QED) is 0.602. The van der Waals surface area contributed by atoms with Crippen LogP contribution in [0.5, 0.6) is 0 Å². The fourth-order valence-electron chi connectivity index (χ4n) is 1.75. The summed E-state index contributed by atoms with van der Waals surface area (Å²) in [5.74, 6) is -2.57. The van der Waals surface area contributed by atoms with E-state index < -0.39 is 34.9 Å². The van der Waals surface area contributed by atoms with Crippen LogP contribution < -0.4 is 0 Å². The van der Waals surface area contributed by atoms with Gasteiger partial charge in [-0.3, -0.25) is 0 Å². The van der Waals surface area contributed by atoms with E-state index in [-0.39, 0.29) is 11.4 Å². The Kier molecular flexibility index (Phi) is 3.73. The largest absolute Gasteiger partial charge is 0.434 e. The Morgan fingerprint density at radius 3 is 2.15 bits per heavy atom. The van der Waals surface area contributed by atoms with E-state index in [1.54, 1.807) is 0 Å². The van der Waals surface area contributed by atoms with Gasteiger partial charge in [-0.2, -0.15) is 13.2 Å². The Morgan fingerprint density at radius 2 is 1.75 bits per heavy atom. The molecule has 2 aromatic rings. The van der Waals surface area contributed by atoms with Crippen molar-refractivity contribution in [2.45, 2.75) is 12.1 Å². The summed E-state index contributed by atoms with van der Waals surface area (Å²) in [6, 6.07) is 1.93. The highest BCUT2D eigenvalue weighted by Gasteiger charge is 2.35. The van der Waals surface area contributed by atoms with E-state index in [1.807, 2.05) is 0 Å². The second kappa shape index (κ2) is 5.05. The molecule has 0 aliphatic heterocycles. The van der Waals surface area contributed by atoms with E-state index in [0.29, 0.717) is 6.20 Å². The molecule has 0 N–H and O–H groups in total. The highest BCUT2D eigenvalue weighted by atomic mass is 35.5. The van der Waals surface area contributed by atoms with Crippen molar-refractivity contribution in [3.63, 3.8) is 0 Å². The SMILES string of the molecule is Cn1cc(C(F)(F)F)nc1-c1c(F)cc(CCl)cc1F. The zero-order valence-electron chi connectivity index (χ0n) is 10.1. The molecular weight excluding hydrogens is 303 g/mol. The maximum absolute atomic E-state index is 13.8. The first-order valence-corrected chi connectivity index (χ1v) is 5.92. The lowest BCUT2D eigenvalue weighted by molar-refractivity contribution is -0.140. The minimum atomic E-state index is -4.68. The summed E-state index contributed by atoms with van der Waals surface area (Å²) in [4.78, 5) is 3.25. The standard InChI is InChI=1S/C12H8ClF5N2/c1-20-5-9(12(16,17)18)19-11(20)10-7(14)2-6(4-13)3-8(10)15/h2-3,5H,4H2,1H3. The number of aryl methyl sites for hydroxylation is 1. The lowest BCUT2D eigenvalue weighted by atomic mass is 10.1. The van der Waals surface area contributed by atoms with Crippen LogP contribution in [0.25, 0.3) is 11.4 Å². The summed E-state index contributed by atoms with van der Waals surface area (Å²) in [5, 5.41) is 0. The van der Waals surface area contributed by atoms with Crippen LogP contribution in [0, 0.1) is 11.6 Å². The first kappa shape index (κ1) is 14.8. The monoisotopic (exact) mass is 310 g/mol. The van der Waals surface area contributed by atoms with Crippen molar-refractivity contribution in [1.82, 2.24) is 9.55 Å². The van der Waals surface area contributed by atoms with E-state index in [1.165, 1.54) is 7.05 Å². The van der Waals surface area contributed by atoms with Crippen molar-refractivity contribution >= 4 is 11.6 Å². The number of imidazole rings is 1. The second-order valence-corrected chi connectivity index (χ2v) is 4.39. The number of benzene rings is 1. The first-order valence-electron chi connectivity index (χ1n) is 5.39. The molecular formula is C12H8ClF5N2. The van der Waals surface area contributed by atoms with Crippen molar-refractivity contribution in [1.29, 1.82) is 0 Å². The van der Waals surface area contributed by atoms with Gasteiger partial charge in [0.15, 0.2) is 5.69 Å². The third-order valence-corrected chi connectivity index (χ3v) is 2.96. The molecule has 0 atom stereocenters. The van der Waals surface area contributed by atoms with Crippen LogP contribution in [0.2, 0.25) is 0 Å². The van der Waals surface area contributed by atoms with Crippen LogP contribution in [-0.4, -0.2) is 9.55 Å². The molecule has 0 radical (unpaired) electrons. The molecule has 0 saturated heterocycles. The fraction of sp³-hybridized carbons (Fsp3) is 0.250. The Balaban J connectivity index is 2.61. The normalized spacial score (nSPS) is 11.9. The summed E-state index contributed by atoms with van der Waals surface area (Å²) in [6.07, 6.45) is -4.01. The molecule has 8 heteroatoms. The Bertz CT molecular complexity index is 625. The van der Waals surface area contributed by atoms with Gasteiger partial charge in [-0.05, 0) is 17.7 Å². The van der Waals surface area contributed by atoms with Crippen LogP contribution >= 0.6 is 11.6 Å². The summed E-state index contributed by atoms with van der Waals surface area (Å²) in [7, 11) is 1.23. The molecule has 0 aliphatic rings. The predicted octanol–water partition coefficient (Wildman–Crippen LogP) is 4.12. The third kappa shape index (κ3) is 2.63. The predicted molar refractivity (Wildman–Crippen MR) is 63.1 cm³/mol. The molecule has 0 unspecified atom stereocenters. The number of alkyl halides is 4. The molecule has 0 spiro atoms. The van der Waals surface area contributed by atoms with Crippen molar-refractivity contribution in [2.24, 2.45) is 7.05 Å².